The Bertz CT molecular complexity index is 506. The third-order valence-electron chi connectivity index (χ3n) is 2.50. The topological polar surface area (TPSA) is 37.4 Å². The molecule has 0 radical (unpaired) electrons. The molecule has 0 aliphatic rings. The average molecular weight is 290 g/mol. The standard InChI is InChI=1S/C13H20ClNO2S/c1-13(2,3)10-15(4)18(16,17)12-8-6-5-7-11(12)9-14/h5-8H,9-10H2,1-4H3. The fourth-order valence-corrected chi connectivity index (χ4v) is 3.71. The Morgan fingerprint density at radius 3 is 2.28 bits per heavy atom. The predicted octanol–water partition coefficient (Wildman–Crippen LogP) is 3.09. The van der Waals surface area contributed by atoms with Crippen molar-refractivity contribution in [3.05, 3.63) is 29.8 Å². The molecule has 1 aromatic carbocycles. The summed E-state index contributed by atoms with van der Waals surface area (Å²) in [6.45, 7) is 6.48. The van der Waals surface area contributed by atoms with Crippen LogP contribution in [0.5, 0.6) is 0 Å². The van der Waals surface area contributed by atoms with E-state index >= 15 is 0 Å². The Labute approximate surface area is 115 Å². The van der Waals surface area contributed by atoms with Crippen molar-refractivity contribution < 1.29 is 8.42 Å². The molecule has 0 spiro atoms. The first-order valence-electron chi connectivity index (χ1n) is 5.79. The van der Waals surface area contributed by atoms with E-state index in [1.807, 2.05) is 20.8 Å². The van der Waals surface area contributed by atoms with E-state index in [1.54, 1.807) is 31.3 Å². The van der Waals surface area contributed by atoms with Crippen LogP contribution in [0.1, 0.15) is 26.3 Å². The Morgan fingerprint density at radius 2 is 1.78 bits per heavy atom. The first-order chi connectivity index (χ1) is 8.18. The van der Waals surface area contributed by atoms with Crippen molar-refractivity contribution >= 4 is 21.6 Å². The Morgan fingerprint density at radius 1 is 1.22 bits per heavy atom. The summed E-state index contributed by atoms with van der Waals surface area (Å²) in [5.41, 5.74) is 0.553. The number of sulfonamides is 1. The minimum absolute atomic E-state index is 0.0856. The van der Waals surface area contributed by atoms with Crippen LogP contribution in [0.2, 0.25) is 0 Å². The number of rotatable bonds is 4. The Kier molecular flexibility index (Phi) is 4.81. The summed E-state index contributed by atoms with van der Waals surface area (Å²) >= 11 is 5.79. The highest BCUT2D eigenvalue weighted by atomic mass is 35.5. The zero-order valence-corrected chi connectivity index (χ0v) is 12.8. The molecule has 3 nitrogen and oxygen atoms in total. The predicted molar refractivity (Wildman–Crippen MR) is 75.3 cm³/mol. The smallest absolute Gasteiger partial charge is 0.207 e. The largest absolute Gasteiger partial charge is 0.243 e. The van der Waals surface area contributed by atoms with Crippen LogP contribution in [-0.2, 0) is 15.9 Å². The molecule has 0 heterocycles. The van der Waals surface area contributed by atoms with Gasteiger partial charge in [-0.2, -0.15) is 0 Å². The van der Waals surface area contributed by atoms with Gasteiger partial charge >= 0.3 is 0 Å². The summed E-state index contributed by atoms with van der Waals surface area (Å²) in [6, 6.07) is 6.85. The number of benzene rings is 1. The van der Waals surface area contributed by atoms with E-state index in [0.717, 1.165) is 0 Å². The van der Waals surface area contributed by atoms with Crippen molar-refractivity contribution in [3.8, 4) is 0 Å². The van der Waals surface area contributed by atoms with Crippen LogP contribution in [0.25, 0.3) is 0 Å². The molecular weight excluding hydrogens is 270 g/mol. The van der Waals surface area contributed by atoms with E-state index in [9.17, 15) is 8.42 Å². The molecule has 18 heavy (non-hydrogen) atoms. The highest BCUT2D eigenvalue weighted by Gasteiger charge is 2.26. The van der Waals surface area contributed by atoms with E-state index in [4.69, 9.17) is 11.6 Å². The van der Waals surface area contributed by atoms with Crippen LogP contribution in [0.15, 0.2) is 29.2 Å². The summed E-state index contributed by atoms with van der Waals surface area (Å²) in [4.78, 5) is 0.298. The number of alkyl halides is 1. The van der Waals surface area contributed by atoms with Gasteiger partial charge in [0.2, 0.25) is 10.0 Å². The quantitative estimate of drug-likeness (QED) is 0.799. The van der Waals surface area contributed by atoms with Gasteiger partial charge in [-0.15, -0.1) is 11.6 Å². The molecule has 0 aliphatic heterocycles. The molecule has 102 valence electrons. The van der Waals surface area contributed by atoms with Crippen LogP contribution in [0, 0.1) is 5.41 Å². The van der Waals surface area contributed by atoms with Crippen LogP contribution in [0.4, 0.5) is 0 Å². The number of halogens is 1. The van der Waals surface area contributed by atoms with Gasteiger partial charge in [0, 0.05) is 19.5 Å². The highest BCUT2D eigenvalue weighted by molar-refractivity contribution is 7.89. The van der Waals surface area contributed by atoms with Crippen LogP contribution in [-0.4, -0.2) is 26.3 Å². The fraction of sp³-hybridized carbons (Fsp3) is 0.538. The van der Waals surface area contributed by atoms with Crippen molar-refractivity contribution in [1.82, 2.24) is 4.31 Å². The van der Waals surface area contributed by atoms with Crippen LogP contribution in [0.3, 0.4) is 0 Å². The lowest BCUT2D eigenvalue weighted by atomic mass is 9.97. The van der Waals surface area contributed by atoms with E-state index < -0.39 is 10.0 Å². The van der Waals surface area contributed by atoms with E-state index in [-0.39, 0.29) is 11.3 Å². The third-order valence-corrected chi connectivity index (χ3v) is 4.69. The summed E-state index contributed by atoms with van der Waals surface area (Å²) in [6.07, 6.45) is 0. The second kappa shape index (κ2) is 5.59. The van der Waals surface area contributed by atoms with Gasteiger partial charge in [0.25, 0.3) is 0 Å². The third kappa shape index (κ3) is 3.70. The molecule has 0 aromatic heterocycles. The Balaban J connectivity index is 3.14. The van der Waals surface area contributed by atoms with Crippen molar-refractivity contribution in [2.24, 2.45) is 5.41 Å². The zero-order chi connectivity index (χ0) is 14.0. The summed E-state index contributed by atoms with van der Waals surface area (Å²) < 4.78 is 26.3. The lowest BCUT2D eigenvalue weighted by molar-refractivity contribution is 0.310. The maximum atomic E-state index is 12.5. The molecule has 0 atom stereocenters. The van der Waals surface area contributed by atoms with Gasteiger partial charge in [-0.25, -0.2) is 12.7 Å². The van der Waals surface area contributed by atoms with Gasteiger partial charge in [-0.3, -0.25) is 0 Å². The molecule has 1 aromatic rings. The fourth-order valence-electron chi connectivity index (χ4n) is 1.79. The molecule has 0 unspecified atom stereocenters. The molecule has 0 bridgehead atoms. The summed E-state index contributed by atoms with van der Waals surface area (Å²) in [5.74, 6) is 0.193. The van der Waals surface area contributed by atoms with Gasteiger partial charge in [0.05, 0.1) is 4.90 Å². The van der Waals surface area contributed by atoms with E-state index in [0.29, 0.717) is 17.0 Å². The minimum Gasteiger partial charge on any atom is -0.207 e. The lowest BCUT2D eigenvalue weighted by Crippen LogP contribution is -2.34. The van der Waals surface area contributed by atoms with Crippen molar-refractivity contribution in [1.29, 1.82) is 0 Å². The second-order valence-corrected chi connectivity index (χ2v) is 7.84. The average Bonchev–Trinajstić information content (AvgIpc) is 2.26. The van der Waals surface area contributed by atoms with Gasteiger partial charge in [0.1, 0.15) is 0 Å². The molecule has 0 aliphatic carbocycles. The molecule has 0 N–H and O–H groups in total. The van der Waals surface area contributed by atoms with Gasteiger partial charge in [-0.1, -0.05) is 39.0 Å². The summed E-state index contributed by atoms with van der Waals surface area (Å²) in [5, 5.41) is 0. The van der Waals surface area contributed by atoms with Gasteiger partial charge < -0.3 is 0 Å². The monoisotopic (exact) mass is 289 g/mol. The first-order valence-corrected chi connectivity index (χ1v) is 7.76. The van der Waals surface area contributed by atoms with Crippen molar-refractivity contribution in [3.63, 3.8) is 0 Å². The van der Waals surface area contributed by atoms with Crippen molar-refractivity contribution in [2.75, 3.05) is 13.6 Å². The van der Waals surface area contributed by atoms with Crippen LogP contribution >= 0.6 is 11.6 Å². The molecule has 0 amide bonds. The highest BCUT2D eigenvalue weighted by Crippen LogP contribution is 2.24. The van der Waals surface area contributed by atoms with Gasteiger partial charge in [0.15, 0.2) is 0 Å². The van der Waals surface area contributed by atoms with Gasteiger partial charge in [-0.05, 0) is 17.0 Å². The van der Waals surface area contributed by atoms with E-state index in [1.165, 1.54) is 4.31 Å². The normalized spacial score (nSPS) is 13.0. The number of nitrogens with zero attached hydrogens (tertiary/aromatic N) is 1. The molecule has 1 rings (SSSR count). The molecule has 0 fully saturated rings. The SMILES string of the molecule is CN(CC(C)(C)C)S(=O)(=O)c1ccccc1CCl. The number of hydrogen-bond acceptors (Lipinski definition) is 2. The van der Waals surface area contributed by atoms with E-state index in [2.05, 4.69) is 0 Å². The minimum atomic E-state index is -3.47. The number of hydrogen-bond donors (Lipinski definition) is 0. The first kappa shape index (κ1) is 15.5. The maximum absolute atomic E-state index is 12.5. The maximum Gasteiger partial charge on any atom is 0.243 e. The van der Waals surface area contributed by atoms with Crippen molar-refractivity contribution in [2.45, 2.75) is 31.5 Å². The second-order valence-electron chi connectivity index (χ2n) is 5.56. The zero-order valence-electron chi connectivity index (χ0n) is 11.3. The van der Waals surface area contributed by atoms with Crippen LogP contribution < -0.4 is 0 Å². The molecule has 5 heteroatoms. The summed E-state index contributed by atoms with van der Waals surface area (Å²) in [7, 11) is -1.86. The lowest BCUT2D eigenvalue weighted by Gasteiger charge is -2.26. The Hall–Kier alpha value is -0.580. The molecule has 0 saturated heterocycles. The molecular formula is C13H20ClNO2S. The molecule has 0 saturated carbocycles.